The van der Waals surface area contributed by atoms with Gasteiger partial charge in [-0.2, -0.15) is 10.2 Å². The Labute approximate surface area is 160 Å². The van der Waals surface area contributed by atoms with E-state index in [1.165, 1.54) is 16.8 Å². The zero-order chi connectivity index (χ0) is 20.3. The van der Waals surface area contributed by atoms with Crippen LogP contribution in [-0.2, 0) is 13.8 Å². The third-order valence-corrected chi connectivity index (χ3v) is 4.37. The minimum atomic E-state index is -0.515. The van der Waals surface area contributed by atoms with Gasteiger partial charge in [0.15, 0.2) is 12.5 Å². The molecule has 1 N–H and O–H groups in total. The lowest BCUT2D eigenvalue weighted by Crippen LogP contribution is -2.27. The number of para-hydroxylation sites is 2. The van der Waals surface area contributed by atoms with Crippen LogP contribution in [-0.4, -0.2) is 30.4 Å². The summed E-state index contributed by atoms with van der Waals surface area (Å²) in [5, 5.41) is 22.2. The summed E-state index contributed by atoms with van der Waals surface area (Å²) in [7, 11) is 1.84. The zero-order valence-electron chi connectivity index (χ0n) is 15.7. The molecule has 3 rings (SSSR count). The Kier molecular flexibility index (Phi) is 5.39. The molecule has 0 fully saturated rings. The first-order chi connectivity index (χ1) is 13.4. The number of aromatic nitrogens is 4. The van der Waals surface area contributed by atoms with Crippen molar-refractivity contribution in [2.75, 3.05) is 0 Å². The van der Waals surface area contributed by atoms with Crippen molar-refractivity contribution in [2.24, 2.45) is 7.05 Å². The summed E-state index contributed by atoms with van der Waals surface area (Å²) in [6.07, 6.45) is 3.29. The second kappa shape index (κ2) is 7.91. The Hall–Kier alpha value is -3.69. The average Bonchev–Trinajstić information content (AvgIpc) is 3.27. The molecule has 1 atom stereocenters. The van der Waals surface area contributed by atoms with Crippen molar-refractivity contribution < 1.29 is 14.5 Å². The topological polar surface area (TPSA) is 117 Å². The van der Waals surface area contributed by atoms with Crippen molar-refractivity contribution >= 4 is 11.6 Å². The van der Waals surface area contributed by atoms with Gasteiger partial charge in [0.05, 0.1) is 17.2 Å². The van der Waals surface area contributed by atoms with Crippen molar-refractivity contribution in [1.29, 1.82) is 0 Å². The fourth-order valence-electron chi connectivity index (χ4n) is 2.71. The van der Waals surface area contributed by atoms with Gasteiger partial charge in [-0.3, -0.25) is 19.6 Å². The monoisotopic (exact) mass is 384 g/mol. The van der Waals surface area contributed by atoms with E-state index in [1.54, 1.807) is 35.3 Å². The highest BCUT2D eigenvalue weighted by Gasteiger charge is 2.18. The fraction of sp³-hybridized carbons (Fsp3) is 0.278. The van der Waals surface area contributed by atoms with Gasteiger partial charge in [0, 0.05) is 30.6 Å². The Morgan fingerprint density at radius 3 is 2.79 bits per heavy atom. The number of hydrogen-bond acceptors (Lipinski definition) is 6. The Balaban J connectivity index is 1.63. The average molecular weight is 384 g/mol. The van der Waals surface area contributed by atoms with Crippen LogP contribution in [0.4, 0.5) is 5.69 Å². The Morgan fingerprint density at radius 2 is 2.11 bits per heavy atom. The molecule has 2 heterocycles. The molecule has 10 nitrogen and oxygen atoms in total. The molecule has 0 radical (unpaired) electrons. The molecule has 1 unspecified atom stereocenters. The molecule has 1 aromatic carbocycles. The van der Waals surface area contributed by atoms with Gasteiger partial charge < -0.3 is 10.1 Å². The van der Waals surface area contributed by atoms with Crippen molar-refractivity contribution in [2.45, 2.75) is 26.6 Å². The van der Waals surface area contributed by atoms with E-state index >= 15 is 0 Å². The van der Waals surface area contributed by atoms with Crippen LogP contribution in [0.2, 0.25) is 0 Å². The molecule has 0 aliphatic heterocycles. The molecule has 0 aliphatic carbocycles. The maximum atomic E-state index is 12.4. The van der Waals surface area contributed by atoms with Gasteiger partial charge in [-0.1, -0.05) is 12.1 Å². The first kappa shape index (κ1) is 19.1. The van der Waals surface area contributed by atoms with Crippen LogP contribution in [0.25, 0.3) is 0 Å². The van der Waals surface area contributed by atoms with E-state index in [1.807, 2.05) is 20.9 Å². The molecule has 3 aromatic rings. The van der Waals surface area contributed by atoms with Gasteiger partial charge in [-0.25, -0.2) is 4.68 Å². The van der Waals surface area contributed by atoms with E-state index < -0.39 is 4.92 Å². The fourth-order valence-corrected chi connectivity index (χ4v) is 2.71. The summed E-state index contributed by atoms with van der Waals surface area (Å²) in [6.45, 7) is 3.74. The van der Waals surface area contributed by atoms with Crippen LogP contribution in [0, 0.1) is 17.0 Å². The first-order valence-corrected chi connectivity index (χ1v) is 8.56. The van der Waals surface area contributed by atoms with Crippen molar-refractivity contribution in [3.63, 3.8) is 0 Å². The van der Waals surface area contributed by atoms with Crippen LogP contribution in [0.1, 0.15) is 34.7 Å². The van der Waals surface area contributed by atoms with Crippen molar-refractivity contribution in [3.05, 3.63) is 69.8 Å². The molecule has 28 heavy (non-hydrogen) atoms. The molecule has 2 aromatic heterocycles. The standard InChI is InChI=1S/C18H20N6O4/c1-12(14-10-19-22(3)13(14)2)20-18(25)15-8-9-23(21-15)11-28-17-7-5-4-6-16(17)24(26)27/h4-10,12H,11H2,1-3H3,(H,20,25). The summed E-state index contributed by atoms with van der Waals surface area (Å²) in [6, 6.07) is 7.40. The number of benzene rings is 1. The SMILES string of the molecule is Cc1c(C(C)NC(=O)c2ccn(COc3ccccc3[N+](=O)[O-])n2)cnn1C. The summed E-state index contributed by atoms with van der Waals surface area (Å²) < 4.78 is 8.60. The summed E-state index contributed by atoms with van der Waals surface area (Å²) in [4.78, 5) is 22.9. The van der Waals surface area contributed by atoms with Crippen molar-refractivity contribution in [3.8, 4) is 5.75 Å². The Bertz CT molecular complexity index is 1010. The van der Waals surface area contributed by atoms with Gasteiger partial charge in [0.1, 0.15) is 5.69 Å². The Morgan fingerprint density at radius 1 is 1.36 bits per heavy atom. The maximum Gasteiger partial charge on any atom is 0.311 e. The predicted octanol–water partition coefficient (Wildman–Crippen LogP) is 2.36. The molecular formula is C18H20N6O4. The molecule has 10 heteroatoms. The summed E-state index contributed by atoms with van der Waals surface area (Å²) in [5.41, 5.74) is 1.99. The number of carbonyl (C=O) groups excluding carboxylic acids is 1. The van der Waals surface area contributed by atoms with Crippen LogP contribution in [0.3, 0.4) is 0 Å². The molecule has 0 aliphatic rings. The highest BCUT2D eigenvalue weighted by atomic mass is 16.6. The van der Waals surface area contributed by atoms with Crippen LogP contribution < -0.4 is 10.1 Å². The second-order valence-electron chi connectivity index (χ2n) is 6.24. The minimum absolute atomic E-state index is 0.0601. The summed E-state index contributed by atoms with van der Waals surface area (Å²) >= 11 is 0. The van der Waals surface area contributed by atoms with Gasteiger partial charge in [0.2, 0.25) is 0 Å². The van der Waals surface area contributed by atoms with Crippen molar-refractivity contribution in [1.82, 2.24) is 24.9 Å². The number of nitrogens with one attached hydrogen (secondary N) is 1. The minimum Gasteiger partial charge on any atom is -0.464 e. The third-order valence-electron chi connectivity index (χ3n) is 4.37. The molecule has 0 spiro atoms. The molecule has 146 valence electrons. The van der Waals surface area contributed by atoms with Crippen LogP contribution in [0.15, 0.2) is 42.7 Å². The summed E-state index contributed by atoms with van der Waals surface area (Å²) in [5.74, 6) is -0.199. The van der Waals surface area contributed by atoms with Crippen LogP contribution in [0.5, 0.6) is 5.75 Å². The van der Waals surface area contributed by atoms with E-state index in [0.29, 0.717) is 0 Å². The highest BCUT2D eigenvalue weighted by Crippen LogP contribution is 2.26. The van der Waals surface area contributed by atoms with E-state index in [2.05, 4.69) is 15.5 Å². The van der Waals surface area contributed by atoms with E-state index in [-0.39, 0.29) is 35.8 Å². The highest BCUT2D eigenvalue weighted by molar-refractivity contribution is 5.92. The lowest BCUT2D eigenvalue weighted by molar-refractivity contribution is -0.386. The van der Waals surface area contributed by atoms with Gasteiger partial charge in [0.25, 0.3) is 5.91 Å². The smallest absolute Gasteiger partial charge is 0.311 e. The van der Waals surface area contributed by atoms with Crippen LogP contribution >= 0.6 is 0 Å². The number of hydrogen-bond donors (Lipinski definition) is 1. The van der Waals surface area contributed by atoms with E-state index in [0.717, 1.165) is 11.3 Å². The number of nitro groups is 1. The second-order valence-corrected chi connectivity index (χ2v) is 6.24. The number of rotatable bonds is 7. The quantitative estimate of drug-likeness (QED) is 0.494. The maximum absolute atomic E-state index is 12.4. The number of carbonyl (C=O) groups is 1. The number of aryl methyl sites for hydroxylation is 1. The number of nitro benzene ring substituents is 1. The van der Waals surface area contributed by atoms with Gasteiger partial charge in [-0.05, 0) is 26.0 Å². The molecule has 0 bridgehead atoms. The van der Waals surface area contributed by atoms with E-state index in [9.17, 15) is 14.9 Å². The predicted molar refractivity (Wildman–Crippen MR) is 99.8 cm³/mol. The molecule has 1 amide bonds. The molecular weight excluding hydrogens is 364 g/mol. The number of nitrogens with zero attached hydrogens (tertiary/aromatic N) is 5. The largest absolute Gasteiger partial charge is 0.464 e. The number of ether oxygens (including phenoxy) is 1. The molecule has 0 saturated carbocycles. The lowest BCUT2D eigenvalue weighted by Gasteiger charge is -2.12. The third kappa shape index (κ3) is 4.00. The van der Waals surface area contributed by atoms with Gasteiger partial charge >= 0.3 is 5.69 Å². The normalized spacial score (nSPS) is 11.8. The zero-order valence-corrected chi connectivity index (χ0v) is 15.7. The molecule has 0 saturated heterocycles. The lowest BCUT2D eigenvalue weighted by atomic mass is 10.1. The van der Waals surface area contributed by atoms with E-state index in [4.69, 9.17) is 4.74 Å². The number of amides is 1. The van der Waals surface area contributed by atoms with Gasteiger partial charge in [-0.15, -0.1) is 0 Å². The first-order valence-electron chi connectivity index (χ1n) is 8.56.